The molecule has 0 aliphatic carbocycles. The molecule has 1 unspecified atom stereocenters. The molecule has 0 saturated carbocycles. The Morgan fingerprint density at radius 2 is 1.87 bits per heavy atom. The minimum Gasteiger partial charge on any atom is -0.497 e. The van der Waals surface area contributed by atoms with Gasteiger partial charge in [0.05, 0.1) is 22.9 Å². The second-order valence-electron chi connectivity index (χ2n) is 6.34. The van der Waals surface area contributed by atoms with Gasteiger partial charge in [-0.05, 0) is 48.9 Å². The number of carbonyl (C=O) groups excluding carboxylic acids is 1. The zero-order valence-electron chi connectivity index (χ0n) is 15.9. The summed E-state index contributed by atoms with van der Waals surface area (Å²) in [6.45, 7) is 1.63. The highest BCUT2D eigenvalue weighted by Crippen LogP contribution is 2.33. The normalized spacial score (nSPS) is 13.4. The van der Waals surface area contributed by atoms with Crippen LogP contribution >= 0.6 is 11.3 Å². The molecule has 2 aromatic carbocycles. The van der Waals surface area contributed by atoms with Gasteiger partial charge in [-0.25, -0.2) is 4.79 Å². The number of hydrogen-bond donors (Lipinski definition) is 1. The number of aliphatic carboxylic acids is 1. The van der Waals surface area contributed by atoms with Crippen molar-refractivity contribution in [2.45, 2.75) is 25.6 Å². The number of halogens is 3. The summed E-state index contributed by atoms with van der Waals surface area (Å²) in [7, 11) is 1.48. The molecular formula is C20H17F3N2O4S. The van der Waals surface area contributed by atoms with Gasteiger partial charge in [0.15, 0.2) is 4.80 Å². The number of methoxy groups -OCH3 is 1. The zero-order valence-corrected chi connectivity index (χ0v) is 16.8. The Kier molecular flexibility index (Phi) is 5.97. The smallest absolute Gasteiger partial charge is 0.416 e. The van der Waals surface area contributed by atoms with Crippen LogP contribution in [-0.2, 0) is 11.0 Å². The molecule has 3 aromatic rings. The van der Waals surface area contributed by atoms with E-state index in [4.69, 9.17) is 4.74 Å². The Balaban J connectivity index is 2.21. The molecule has 158 valence electrons. The lowest BCUT2D eigenvalue weighted by Crippen LogP contribution is -2.27. The van der Waals surface area contributed by atoms with E-state index in [-0.39, 0.29) is 27.0 Å². The number of thiazole rings is 1. The topological polar surface area (TPSA) is 80.9 Å². The van der Waals surface area contributed by atoms with Crippen molar-refractivity contribution in [2.75, 3.05) is 7.11 Å². The molecule has 0 aliphatic rings. The lowest BCUT2D eigenvalue weighted by atomic mass is 10.2. The Labute approximate surface area is 172 Å². The Bertz CT molecular complexity index is 1160. The molecule has 6 nitrogen and oxygen atoms in total. The van der Waals surface area contributed by atoms with E-state index in [1.54, 1.807) is 19.1 Å². The van der Waals surface area contributed by atoms with Crippen LogP contribution in [0.3, 0.4) is 0 Å². The van der Waals surface area contributed by atoms with Crippen LogP contribution in [0, 0.1) is 0 Å². The second kappa shape index (κ2) is 8.31. The fraction of sp³-hybridized carbons (Fsp3) is 0.250. The highest BCUT2D eigenvalue weighted by molar-refractivity contribution is 7.16. The van der Waals surface area contributed by atoms with Crippen molar-refractivity contribution in [3.63, 3.8) is 0 Å². The van der Waals surface area contributed by atoms with Crippen LogP contribution in [0.15, 0.2) is 47.5 Å². The summed E-state index contributed by atoms with van der Waals surface area (Å²) < 4.78 is 45.8. The summed E-state index contributed by atoms with van der Waals surface area (Å²) in [6, 6.07) is 8.08. The lowest BCUT2D eigenvalue weighted by molar-refractivity contribution is -0.141. The molecule has 1 atom stereocenters. The summed E-state index contributed by atoms with van der Waals surface area (Å²) in [5.74, 6) is -1.27. The maximum absolute atomic E-state index is 13.1. The summed E-state index contributed by atoms with van der Waals surface area (Å²) in [6.07, 6.45) is -4.39. The number of aromatic nitrogens is 1. The monoisotopic (exact) mass is 438 g/mol. The van der Waals surface area contributed by atoms with Crippen molar-refractivity contribution in [1.82, 2.24) is 4.57 Å². The van der Waals surface area contributed by atoms with Crippen molar-refractivity contribution >= 4 is 33.4 Å². The number of rotatable bonds is 5. The molecule has 1 heterocycles. The van der Waals surface area contributed by atoms with Gasteiger partial charge in [0, 0.05) is 5.56 Å². The first kappa shape index (κ1) is 21.6. The van der Waals surface area contributed by atoms with Crippen molar-refractivity contribution in [2.24, 2.45) is 4.99 Å². The first-order valence-corrected chi connectivity index (χ1v) is 9.65. The van der Waals surface area contributed by atoms with Gasteiger partial charge < -0.3 is 14.4 Å². The molecule has 0 bridgehead atoms. The summed E-state index contributed by atoms with van der Waals surface area (Å²) in [5, 5.41) is 9.58. The predicted octanol–water partition coefficient (Wildman–Crippen LogP) is 4.51. The Hall–Kier alpha value is -3.14. The number of carboxylic acid groups (broad SMARTS) is 1. The van der Waals surface area contributed by atoms with E-state index in [1.807, 2.05) is 0 Å². The molecule has 0 aliphatic heterocycles. The maximum atomic E-state index is 13.1. The largest absolute Gasteiger partial charge is 0.497 e. The van der Waals surface area contributed by atoms with Crippen molar-refractivity contribution in [3.8, 4) is 5.75 Å². The van der Waals surface area contributed by atoms with Crippen molar-refractivity contribution in [1.29, 1.82) is 0 Å². The predicted molar refractivity (Wildman–Crippen MR) is 105 cm³/mol. The third kappa shape index (κ3) is 4.23. The van der Waals surface area contributed by atoms with Gasteiger partial charge in [0.25, 0.3) is 5.91 Å². The molecule has 30 heavy (non-hydrogen) atoms. The van der Waals surface area contributed by atoms with Gasteiger partial charge >= 0.3 is 12.1 Å². The maximum Gasteiger partial charge on any atom is 0.416 e. The van der Waals surface area contributed by atoms with Crippen LogP contribution in [0.1, 0.15) is 35.3 Å². The zero-order chi connectivity index (χ0) is 22.1. The average Bonchev–Trinajstić information content (AvgIpc) is 3.04. The molecule has 1 N–H and O–H groups in total. The average molecular weight is 438 g/mol. The van der Waals surface area contributed by atoms with Crippen LogP contribution in [0.25, 0.3) is 10.2 Å². The fourth-order valence-electron chi connectivity index (χ4n) is 2.95. The van der Waals surface area contributed by atoms with E-state index >= 15 is 0 Å². The number of hydrogen-bond acceptors (Lipinski definition) is 4. The quantitative estimate of drug-likeness (QED) is 0.636. The van der Waals surface area contributed by atoms with Gasteiger partial charge in [-0.1, -0.05) is 18.3 Å². The number of ether oxygens (including phenoxy) is 1. The van der Waals surface area contributed by atoms with E-state index in [0.29, 0.717) is 5.75 Å². The van der Waals surface area contributed by atoms with Gasteiger partial charge in [0.1, 0.15) is 11.8 Å². The first-order valence-electron chi connectivity index (χ1n) is 8.84. The van der Waals surface area contributed by atoms with E-state index < -0.39 is 29.7 Å². The van der Waals surface area contributed by atoms with Crippen molar-refractivity contribution in [3.05, 3.63) is 58.4 Å². The van der Waals surface area contributed by atoms with Gasteiger partial charge in [-0.15, -0.1) is 0 Å². The number of amides is 1. The molecule has 1 aromatic heterocycles. The fourth-order valence-corrected chi connectivity index (χ4v) is 4.06. The third-order valence-corrected chi connectivity index (χ3v) is 5.49. The molecule has 0 fully saturated rings. The number of benzene rings is 2. The lowest BCUT2D eigenvalue weighted by Gasteiger charge is -2.14. The van der Waals surface area contributed by atoms with Crippen LogP contribution in [0.2, 0.25) is 0 Å². The van der Waals surface area contributed by atoms with Crippen LogP contribution in [0.4, 0.5) is 13.2 Å². The minimum atomic E-state index is -4.55. The number of nitrogens with zero attached hydrogens (tertiary/aromatic N) is 2. The third-order valence-electron chi connectivity index (χ3n) is 4.47. The molecule has 0 radical (unpaired) electrons. The van der Waals surface area contributed by atoms with E-state index in [2.05, 4.69) is 4.99 Å². The molecule has 0 saturated heterocycles. The number of fused-ring (bicyclic) bond motifs is 1. The molecule has 0 spiro atoms. The van der Waals surface area contributed by atoms with E-state index in [9.17, 15) is 27.9 Å². The van der Waals surface area contributed by atoms with Gasteiger partial charge in [0.2, 0.25) is 0 Å². The number of carbonyl (C=O) groups is 2. The Morgan fingerprint density at radius 3 is 2.40 bits per heavy atom. The number of carboxylic acids is 1. The van der Waals surface area contributed by atoms with Gasteiger partial charge in [-0.3, -0.25) is 4.79 Å². The summed E-state index contributed by atoms with van der Waals surface area (Å²) >= 11 is 0.833. The SMILES string of the molecule is CCC(C(=O)O)n1c(=NC(=O)c2ccc(OC)cc2)sc2cc(C(F)(F)F)ccc21. The minimum absolute atomic E-state index is 0.0133. The summed E-state index contributed by atoms with van der Waals surface area (Å²) in [5.41, 5.74) is -0.359. The molecule has 1 amide bonds. The van der Waals surface area contributed by atoms with Gasteiger partial charge in [-0.2, -0.15) is 18.2 Å². The van der Waals surface area contributed by atoms with Crippen LogP contribution in [-0.4, -0.2) is 28.7 Å². The van der Waals surface area contributed by atoms with E-state index in [0.717, 1.165) is 23.5 Å². The number of alkyl halides is 3. The van der Waals surface area contributed by atoms with Crippen LogP contribution < -0.4 is 9.54 Å². The van der Waals surface area contributed by atoms with E-state index in [1.165, 1.54) is 29.9 Å². The highest BCUT2D eigenvalue weighted by atomic mass is 32.1. The second-order valence-corrected chi connectivity index (χ2v) is 7.35. The Morgan fingerprint density at radius 1 is 1.20 bits per heavy atom. The van der Waals surface area contributed by atoms with Crippen LogP contribution in [0.5, 0.6) is 5.75 Å². The standard InChI is InChI=1S/C20H17F3N2O4S/c1-3-14(18(27)28)25-15-9-6-12(20(21,22)23)10-16(15)30-19(25)24-17(26)11-4-7-13(29-2)8-5-11/h4-10,14H,3H2,1-2H3,(H,27,28). The van der Waals surface area contributed by atoms with Crippen molar-refractivity contribution < 1.29 is 32.6 Å². The molecule has 3 rings (SSSR count). The molecular weight excluding hydrogens is 421 g/mol. The highest BCUT2D eigenvalue weighted by Gasteiger charge is 2.31. The molecule has 10 heteroatoms. The summed E-state index contributed by atoms with van der Waals surface area (Å²) in [4.78, 5) is 28.4. The first-order chi connectivity index (χ1) is 14.2.